The standard InChI is InChI=1S/C15H20O4S/c1-3-18-12(16)9-20-14-11-7-5-10(6-8-11)13(14)15(17)19-4-2/h5,7,10-11H,3-4,6,8-9H2,1-2H3. The lowest BCUT2D eigenvalue weighted by Crippen LogP contribution is -2.27. The number of hydrogen-bond donors (Lipinski definition) is 0. The first-order chi connectivity index (χ1) is 9.67. The summed E-state index contributed by atoms with van der Waals surface area (Å²) in [5.41, 5.74) is 0.750. The highest BCUT2D eigenvalue weighted by atomic mass is 32.2. The predicted molar refractivity (Wildman–Crippen MR) is 78.1 cm³/mol. The van der Waals surface area contributed by atoms with Crippen LogP contribution in [0.3, 0.4) is 0 Å². The Kier molecular flexibility index (Phi) is 5.29. The number of ether oxygens (including phenoxy) is 2. The highest BCUT2D eigenvalue weighted by Gasteiger charge is 2.36. The van der Waals surface area contributed by atoms with Gasteiger partial charge in [-0.2, -0.15) is 0 Å². The predicted octanol–water partition coefficient (Wildman–Crippen LogP) is 2.70. The monoisotopic (exact) mass is 296 g/mol. The second-order valence-electron chi connectivity index (χ2n) is 4.77. The van der Waals surface area contributed by atoms with Crippen LogP contribution in [-0.4, -0.2) is 30.9 Å². The van der Waals surface area contributed by atoms with E-state index < -0.39 is 0 Å². The van der Waals surface area contributed by atoms with Gasteiger partial charge in [0.1, 0.15) is 0 Å². The van der Waals surface area contributed by atoms with Gasteiger partial charge in [0.05, 0.1) is 24.5 Å². The Morgan fingerprint density at radius 3 is 2.40 bits per heavy atom. The van der Waals surface area contributed by atoms with Gasteiger partial charge in [0.2, 0.25) is 0 Å². The molecule has 3 rings (SSSR count). The van der Waals surface area contributed by atoms with Gasteiger partial charge >= 0.3 is 11.9 Å². The van der Waals surface area contributed by atoms with Crippen molar-refractivity contribution in [2.75, 3.05) is 19.0 Å². The number of carbonyl (C=O) groups excluding carboxylic acids is 2. The Balaban J connectivity index is 2.13. The van der Waals surface area contributed by atoms with Gasteiger partial charge in [-0.05, 0) is 26.7 Å². The molecule has 0 aromatic carbocycles. The lowest BCUT2D eigenvalue weighted by molar-refractivity contribution is -0.140. The van der Waals surface area contributed by atoms with Crippen molar-refractivity contribution in [1.29, 1.82) is 0 Å². The summed E-state index contributed by atoms with van der Waals surface area (Å²) >= 11 is 1.42. The molecule has 0 fully saturated rings. The SMILES string of the molecule is CCOC(=O)CSC1=C(C(=O)OCC)C2C=CC1CC2. The van der Waals surface area contributed by atoms with Crippen molar-refractivity contribution in [2.45, 2.75) is 26.7 Å². The quantitative estimate of drug-likeness (QED) is 0.557. The van der Waals surface area contributed by atoms with Crippen LogP contribution >= 0.6 is 11.8 Å². The number of hydrogen-bond acceptors (Lipinski definition) is 5. The molecule has 0 saturated heterocycles. The third kappa shape index (κ3) is 3.26. The molecule has 2 bridgehead atoms. The summed E-state index contributed by atoms with van der Waals surface area (Å²) in [5, 5.41) is 0. The Bertz CT molecular complexity index is 453. The Hall–Kier alpha value is -1.23. The van der Waals surface area contributed by atoms with Crippen LogP contribution in [0.15, 0.2) is 22.6 Å². The average Bonchev–Trinajstić information content (AvgIpc) is 2.46. The minimum atomic E-state index is -0.238. The molecule has 20 heavy (non-hydrogen) atoms. The second kappa shape index (κ2) is 6.97. The summed E-state index contributed by atoms with van der Waals surface area (Å²) in [6.45, 7) is 4.35. The van der Waals surface area contributed by atoms with Crippen molar-refractivity contribution < 1.29 is 19.1 Å². The lowest BCUT2D eigenvalue weighted by Gasteiger charge is -2.34. The molecule has 0 aromatic rings. The van der Waals surface area contributed by atoms with Gasteiger partial charge in [-0.25, -0.2) is 4.79 Å². The summed E-state index contributed by atoms with van der Waals surface area (Å²) in [6, 6.07) is 0. The topological polar surface area (TPSA) is 52.6 Å². The van der Waals surface area contributed by atoms with E-state index in [-0.39, 0.29) is 29.5 Å². The first-order valence-electron chi connectivity index (χ1n) is 7.05. The fourth-order valence-electron chi connectivity index (χ4n) is 2.65. The summed E-state index contributed by atoms with van der Waals surface area (Å²) in [4.78, 5) is 24.6. The van der Waals surface area contributed by atoms with Crippen LogP contribution in [0.2, 0.25) is 0 Å². The molecule has 0 radical (unpaired) electrons. The molecular formula is C15H20O4S. The van der Waals surface area contributed by atoms with Crippen LogP contribution in [0.25, 0.3) is 0 Å². The van der Waals surface area contributed by atoms with E-state index in [9.17, 15) is 9.59 Å². The molecule has 3 aliphatic rings. The second-order valence-corrected chi connectivity index (χ2v) is 5.78. The maximum absolute atomic E-state index is 12.1. The molecule has 0 aliphatic heterocycles. The summed E-state index contributed by atoms with van der Waals surface area (Å²) in [5.74, 6) is 0.169. The lowest BCUT2D eigenvalue weighted by atomic mass is 9.76. The number of carbonyl (C=O) groups is 2. The normalized spacial score (nSPS) is 23.9. The van der Waals surface area contributed by atoms with E-state index in [4.69, 9.17) is 9.47 Å². The van der Waals surface area contributed by atoms with E-state index >= 15 is 0 Å². The van der Waals surface area contributed by atoms with E-state index in [2.05, 4.69) is 12.2 Å². The first kappa shape index (κ1) is 15.2. The van der Waals surface area contributed by atoms with Crippen LogP contribution in [0, 0.1) is 11.8 Å². The molecule has 110 valence electrons. The fraction of sp³-hybridized carbons (Fsp3) is 0.600. The maximum Gasteiger partial charge on any atom is 0.335 e. The van der Waals surface area contributed by atoms with Crippen molar-refractivity contribution in [3.05, 3.63) is 22.6 Å². The van der Waals surface area contributed by atoms with E-state index in [1.165, 1.54) is 11.8 Å². The van der Waals surface area contributed by atoms with Crippen LogP contribution in [0.4, 0.5) is 0 Å². The Morgan fingerprint density at radius 2 is 1.80 bits per heavy atom. The minimum Gasteiger partial charge on any atom is -0.465 e. The molecule has 0 aromatic heterocycles. The van der Waals surface area contributed by atoms with Gasteiger partial charge in [0, 0.05) is 16.7 Å². The molecule has 3 aliphatic carbocycles. The molecule has 0 saturated carbocycles. The van der Waals surface area contributed by atoms with Crippen molar-refractivity contribution in [3.8, 4) is 0 Å². The van der Waals surface area contributed by atoms with Crippen molar-refractivity contribution in [2.24, 2.45) is 11.8 Å². The van der Waals surface area contributed by atoms with Crippen molar-refractivity contribution in [3.63, 3.8) is 0 Å². The number of fused-ring (bicyclic) bond motifs is 1. The summed E-state index contributed by atoms with van der Waals surface area (Å²) < 4.78 is 10.1. The Labute approximate surface area is 123 Å². The van der Waals surface area contributed by atoms with Gasteiger partial charge in [-0.1, -0.05) is 12.2 Å². The first-order valence-corrected chi connectivity index (χ1v) is 8.03. The highest BCUT2D eigenvalue weighted by molar-refractivity contribution is 8.03. The molecule has 5 heteroatoms. The summed E-state index contributed by atoms with van der Waals surface area (Å²) in [6.07, 6.45) is 6.26. The van der Waals surface area contributed by atoms with E-state index in [0.717, 1.165) is 23.3 Å². The zero-order chi connectivity index (χ0) is 14.5. The molecule has 0 amide bonds. The van der Waals surface area contributed by atoms with Gasteiger partial charge in [0.25, 0.3) is 0 Å². The number of esters is 2. The molecule has 2 unspecified atom stereocenters. The molecule has 4 nitrogen and oxygen atoms in total. The zero-order valence-electron chi connectivity index (χ0n) is 11.9. The molecule has 0 N–H and O–H groups in total. The van der Waals surface area contributed by atoms with Crippen LogP contribution < -0.4 is 0 Å². The van der Waals surface area contributed by atoms with Crippen molar-refractivity contribution in [1.82, 2.24) is 0 Å². The van der Waals surface area contributed by atoms with Crippen LogP contribution in [-0.2, 0) is 19.1 Å². The molecule has 0 spiro atoms. The number of thioether (sulfide) groups is 1. The Morgan fingerprint density at radius 1 is 1.15 bits per heavy atom. The number of rotatable bonds is 6. The fourth-order valence-corrected chi connectivity index (χ4v) is 3.80. The van der Waals surface area contributed by atoms with Gasteiger partial charge < -0.3 is 9.47 Å². The minimum absolute atomic E-state index is 0.142. The third-order valence-corrected chi connectivity index (χ3v) is 4.70. The van der Waals surface area contributed by atoms with E-state index in [0.29, 0.717) is 13.2 Å². The third-order valence-electron chi connectivity index (χ3n) is 3.48. The van der Waals surface area contributed by atoms with Crippen LogP contribution in [0.1, 0.15) is 26.7 Å². The van der Waals surface area contributed by atoms with Gasteiger partial charge in [-0.3, -0.25) is 4.79 Å². The summed E-state index contributed by atoms with van der Waals surface area (Å²) in [7, 11) is 0. The van der Waals surface area contributed by atoms with Crippen LogP contribution in [0.5, 0.6) is 0 Å². The largest absolute Gasteiger partial charge is 0.465 e. The highest BCUT2D eigenvalue weighted by Crippen LogP contribution is 2.45. The van der Waals surface area contributed by atoms with Gasteiger partial charge in [-0.15, -0.1) is 11.8 Å². The van der Waals surface area contributed by atoms with E-state index in [1.807, 2.05) is 0 Å². The smallest absolute Gasteiger partial charge is 0.335 e. The zero-order valence-corrected chi connectivity index (χ0v) is 12.7. The molecule has 0 heterocycles. The van der Waals surface area contributed by atoms with E-state index in [1.54, 1.807) is 13.8 Å². The van der Waals surface area contributed by atoms with Crippen molar-refractivity contribution >= 4 is 23.7 Å². The average molecular weight is 296 g/mol. The molecular weight excluding hydrogens is 276 g/mol. The maximum atomic E-state index is 12.1. The molecule has 2 atom stereocenters. The van der Waals surface area contributed by atoms with Gasteiger partial charge in [0.15, 0.2) is 0 Å². The number of allylic oxidation sites excluding steroid dienone is 3.